The average molecular weight is 436 g/mol. The lowest BCUT2D eigenvalue weighted by Crippen LogP contribution is -1.80. The second-order valence-corrected chi connectivity index (χ2v) is 6.81. The van der Waals surface area contributed by atoms with Gasteiger partial charge in [0, 0.05) is 46.5 Å². The van der Waals surface area contributed by atoms with Gasteiger partial charge in [0.25, 0.3) is 0 Å². The maximum Gasteiger partial charge on any atom is 0.127 e. The van der Waals surface area contributed by atoms with Gasteiger partial charge in [-0.25, -0.2) is 0 Å². The van der Waals surface area contributed by atoms with Gasteiger partial charge in [-0.3, -0.25) is 0 Å². The van der Waals surface area contributed by atoms with E-state index in [9.17, 15) is 20.4 Å². The maximum atomic E-state index is 9.60. The van der Waals surface area contributed by atoms with Crippen molar-refractivity contribution in [2.75, 3.05) is 0 Å². The number of phenolic OH excluding ortho intramolecular Hbond substituents is 8. The second-order valence-electron chi connectivity index (χ2n) is 6.81. The predicted molar refractivity (Wildman–Crippen MR) is 117 cm³/mol. The Morgan fingerprint density at radius 3 is 0.625 bits per heavy atom. The molecule has 0 atom stereocenters. The molecular formula is C24H20O8. The van der Waals surface area contributed by atoms with E-state index in [1.807, 2.05) is 0 Å². The van der Waals surface area contributed by atoms with Crippen molar-refractivity contribution in [1.29, 1.82) is 0 Å². The first-order valence-corrected chi connectivity index (χ1v) is 9.24. The summed E-state index contributed by atoms with van der Waals surface area (Å²) >= 11 is 0. The minimum atomic E-state index is -0.138. The molecule has 164 valence electrons. The zero-order valence-electron chi connectivity index (χ0n) is 16.5. The van der Waals surface area contributed by atoms with Crippen molar-refractivity contribution < 1.29 is 40.9 Å². The number of hydrogen-bond donors (Lipinski definition) is 8. The van der Waals surface area contributed by atoms with Gasteiger partial charge < -0.3 is 40.9 Å². The minimum absolute atomic E-state index is 0.0560. The number of aromatic hydroxyl groups is 8. The zero-order valence-corrected chi connectivity index (χ0v) is 16.5. The van der Waals surface area contributed by atoms with Crippen LogP contribution in [-0.4, -0.2) is 40.9 Å². The van der Waals surface area contributed by atoms with Gasteiger partial charge in [-0.15, -0.1) is 0 Å². The molecule has 4 rings (SSSR count). The van der Waals surface area contributed by atoms with Crippen LogP contribution in [-0.2, 0) is 0 Å². The van der Waals surface area contributed by atoms with Crippen molar-refractivity contribution in [3.8, 4) is 68.2 Å². The van der Waals surface area contributed by atoms with Gasteiger partial charge in [0.15, 0.2) is 0 Å². The Kier molecular flexibility index (Phi) is 6.16. The second kappa shape index (κ2) is 8.97. The summed E-state index contributed by atoms with van der Waals surface area (Å²) in [6.07, 6.45) is 0. The Bertz CT molecular complexity index is 1070. The van der Waals surface area contributed by atoms with Crippen LogP contribution in [0.5, 0.6) is 46.0 Å². The van der Waals surface area contributed by atoms with Gasteiger partial charge >= 0.3 is 0 Å². The van der Waals surface area contributed by atoms with Crippen LogP contribution in [0.1, 0.15) is 0 Å². The van der Waals surface area contributed by atoms with Crippen molar-refractivity contribution >= 4 is 0 Å². The Balaban J connectivity index is 0.000000181. The molecule has 0 heterocycles. The molecule has 0 bridgehead atoms. The van der Waals surface area contributed by atoms with Gasteiger partial charge in [0.2, 0.25) is 0 Å². The third-order valence-electron chi connectivity index (χ3n) is 4.51. The first kappa shape index (κ1) is 22.0. The van der Waals surface area contributed by atoms with E-state index >= 15 is 0 Å². The minimum Gasteiger partial charge on any atom is -0.508 e. The summed E-state index contributed by atoms with van der Waals surface area (Å²) in [6, 6.07) is 16.3. The highest BCUT2D eigenvalue weighted by Gasteiger charge is 2.11. The molecule has 8 N–H and O–H groups in total. The SMILES string of the molecule is Oc1ccc(-c2ccc(O)cc2O)c(O)c1.Oc1ccc(-c2ccc(O)cc2O)c(O)c1. The molecule has 0 saturated carbocycles. The summed E-state index contributed by atoms with van der Waals surface area (Å²) < 4.78 is 0. The Morgan fingerprint density at radius 2 is 0.469 bits per heavy atom. The summed E-state index contributed by atoms with van der Waals surface area (Å²) in [5, 5.41) is 75.0. The molecule has 0 unspecified atom stereocenters. The topological polar surface area (TPSA) is 162 Å². The van der Waals surface area contributed by atoms with Crippen LogP contribution < -0.4 is 0 Å². The summed E-state index contributed by atoms with van der Waals surface area (Å²) in [5.74, 6) is -0.776. The van der Waals surface area contributed by atoms with Gasteiger partial charge in [0.1, 0.15) is 46.0 Å². The molecule has 32 heavy (non-hydrogen) atoms. The first-order valence-electron chi connectivity index (χ1n) is 9.24. The van der Waals surface area contributed by atoms with E-state index in [0.29, 0.717) is 22.3 Å². The van der Waals surface area contributed by atoms with Crippen molar-refractivity contribution in [2.24, 2.45) is 0 Å². The average Bonchev–Trinajstić information content (AvgIpc) is 2.70. The van der Waals surface area contributed by atoms with Crippen LogP contribution in [0.15, 0.2) is 72.8 Å². The Hall–Kier alpha value is -4.72. The lowest BCUT2D eigenvalue weighted by Gasteiger charge is -2.07. The highest BCUT2D eigenvalue weighted by molar-refractivity contribution is 5.77. The molecule has 4 aromatic carbocycles. The number of rotatable bonds is 2. The van der Waals surface area contributed by atoms with Crippen molar-refractivity contribution in [3.05, 3.63) is 72.8 Å². The fourth-order valence-corrected chi connectivity index (χ4v) is 2.99. The number of hydrogen-bond acceptors (Lipinski definition) is 8. The molecule has 0 radical (unpaired) electrons. The van der Waals surface area contributed by atoms with E-state index in [-0.39, 0.29) is 46.0 Å². The molecule has 4 aromatic rings. The molecule has 0 spiro atoms. The smallest absolute Gasteiger partial charge is 0.127 e. The van der Waals surface area contributed by atoms with E-state index in [0.717, 1.165) is 0 Å². The lowest BCUT2D eigenvalue weighted by atomic mass is 10.0. The third kappa shape index (κ3) is 4.88. The maximum absolute atomic E-state index is 9.60. The van der Waals surface area contributed by atoms with Crippen LogP contribution in [0.4, 0.5) is 0 Å². The van der Waals surface area contributed by atoms with Crippen molar-refractivity contribution in [3.63, 3.8) is 0 Å². The zero-order chi connectivity index (χ0) is 23.4. The Labute approximate surface area is 182 Å². The van der Waals surface area contributed by atoms with E-state index in [1.165, 1.54) is 72.8 Å². The van der Waals surface area contributed by atoms with Crippen molar-refractivity contribution in [1.82, 2.24) is 0 Å². The number of phenols is 8. The summed E-state index contributed by atoms with van der Waals surface area (Å²) in [4.78, 5) is 0. The van der Waals surface area contributed by atoms with Gasteiger partial charge in [-0.2, -0.15) is 0 Å². The third-order valence-corrected chi connectivity index (χ3v) is 4.51. The summed E-state index contributed by atoms with van der Waals surface area (Å²) in [6.45, 7) is 0. The van der Waals surface area contributed by atoms with E-state index < -0.39 is 0 Å². The van der Waals surface area contributed by atoms with E-state index in [1.54, 1.807) is 0 Å². The molecule has 0 aliphatic heterocycles. The normalized spacial score (nSPS) is 10.2. The predicted octanol–water partition coefficient (Wildman–Crippen LogP) is 4.35. The highest BCUT2D eigenvalue weighted by atomic mass is 16.3. The number of benzene rings is 4. The lowest BCUT2D eigenvalue weighted by molar-refractivity contribution is 0.446. The molecule has 0 amide bonds. The quantitative estimate of drug-likeness (QED) is 0.230. The fraction of sp³-hybridized carbons (Fsp3) is 0. The largest absolute Gasteiger partial charge is 0.508 e. The molecule has 0 fully saturated rings. The monoisotopic (exact) mass is 436 g/mol. The fourth-order valence-electron chi connectivity index (χ4n) is 2.99. The molecular weight excluding hydrogens is 416 g/mol. The van der Waals surface area contributed by atoms with Crippen LogP contribution in [0, 0.1) is 0 Å². The Morgan fingerprint density at radius 1 is 0.281 bits per heavy atom. The molecule has 0 aromatic heterocycles. The van der Waals surface area contributed by atoms with E-state index in [4.69, 9.17) is 20.4 Å². The molecule has 0 saturated heterocycles. The van der Waals surface area contributed by atoms with E-state index in [2.05, 4.69) is 0 Å². The molecule has 0 aliphatic rings. The van der Waals surface area contributed by atoms with Crippen molar-refractivity contribution in [2.45, 2.75) is 0 Å². The molecule has 8 nitrogen and oxygen atoms in total. The van der Waals surface area contributed by atoms with Crippen LogP contribution in [0.25, 0.3) is 22.3 Å². The van der Waals surface area contributed by atoms with Gasteiger partial charge in [0.05, 0.1) is 0 Å². The first-order chi connectivity index (χ1) is 15.2. The standard InChI is InChI=1S/2C12H10O4/c2*13-7-1-3-9(11(15)5-7)10-4-2-8(14)6-12(10)16/h2*1-6,13-16H. The highest BCUT2D eigenvalue weighted by Crippen LogP contribution is 2.39. The van der Waals surface area contributed by atoms with Crippen LogP contribution in [0.3, 0.4) is 0 Å². The van der Waals surface area contributed by atoms with Gasteiger partial charge in [-0.05, 0) is 48.5 Å². The molecule has 8 heteroatoms. The summed E-state index contributed by atoms with van der Waals surface area (Å²) in [5.41, 5.74) is 1.54. The summed E-state index contributed by atoms with van der Waals surface area (Å²) in [7, 11) is 0. The van der Waals surface area contributed by atoms with Crippen LogP contribution in [0.2, 0.25) is 0 Å². The molecule has 0 aliphatic carbocycles. The van der Waals surface area contributed by atoms with Gasteiger partial charge in [-0.1, -0.05) is 0 Å². The van der Waals surface area contributed by atoms with Crippen LogP contribution >= 0.6 is 0 Å².